The lowest BCUT2D eigenvalue weighted by atomic mass is 10.2. The number of carbonyl (C=O) groups excluding carboxylic acids is 2. The van der Waals surface area contributed by atoms with Crippen LogP contribution in [-0.2, 0) is 4.79 Å². The van der Waals surface area contributed by atoms with Crippen LogP contribution in [0.15, 0.2) is 24.3 Å². The Bertz CT molecular complexity index is 755. The molecular formula is C16H19N3O4. The van der Waals surface area contributed by atoms with Crippen molar-refractivity contribution in [2.24, 2.45) is 0 Å². The Hall–Kier alpha value is -2.54. The molecule has 1 saturated heterocycles. The highest BCUT2D eigenvalue weighted by Gasteiger charge is 2.31. The van der Waals surface area contributed by atoms with E-state index in [1.807, 2.05) is 0 Å². The molecule has 0 aliphatic carbocycles. The van der Waals surface area contributed by atoms with Crippen molar-refractivity contribution in [3.8, 4) is 5.75 Å². The number of aromatic nitrogens is 1. The second-order valence-electron chi connectivity index (χ2n) is 5.81. The summed E-state index contributed by atoms with van der Waals surface area (Å²) >= 11 is 0. The van der Waals surface area contributed by atoms with Gasteiger partial charge in [0.05, 0.1) is 6.04 Å². The summed E-state index contributed by atoms with van der Waals surface area (Å²) in [5.41, 5.74) is 1.25. The lowest BCUT2D eigenvalue weighted by Crippen LogP contribution is -2.41. The molecule has 1 atom stereocenters. The van der Waals surface area contributed by atoms with Crippen LogP contribution in [0.2, 0.25) is 0 Å². The van der Waals surface area contributed by atoms with E-state index in [1.54, 1.807) is 36.2 Å². The minimum Gasteiger partial charge on any atom is -0.508 e. The number of hydrogen-bond acceptors (Lipinski definition) is 4. The van der Waals surface area contributed by atoms with Gasteiger partial charge in [0.25, 0.3) is 5.91 Å². The standard InChI is InChI=1S/C16H19N3O4/c1-18(15(22)9-20)11-4-5-19(8-11)16(23)14-7-10-6-12(21)2-3-13(10)17-14/h2-3,6-7,11,17,20-21H,4-5,8-9H2,1H3. The lowest BCUT2D eigenvalue weighted by molar-refractivity contribution is -0.134. The molecule has 2 amide bonds. The lowest BCUT2D eigenvalue weighted by Gasteiger charge is -2.24. The second kappa shape index (κ2) is 5.92. The maximum Gasteiger partial charge on any atom is 0.270 e. The van der Waals surface area contributed by atoms with Gasteiger partial charge in [-0.1, -0.05) is 0 Å². The first kappa shape index (κ1) is 15.4. The summed E-state index contributed by atoms with van der Waals surface area (Å²) in [6.07, 6.45) is 0.689. The maximum atomic E-state index is 12.6. The van der Waals surface area contributed by atoms with Gasteiger partial charge in [0.15, 0.2) is 0 Å². The van der Waals surface area contributed by atoms with Gasteiger partial charge in [-0.05, 0) is 30.7 Å². The van der Waals surface area contributed by atoms with Crippen LogP contribution >= 0.6 is 0 Å². The first-order valence-electron chi connectivity index (χ1n) is 7.47. The molecule has 0 saturated carbocycles. The normalized spacial score (nSPS) is 17.7. The Balaban J connectivity index is 1.74. The van der Waals surface area contributed by atoms with Crippen LogP contribution in [0.5, 0.6) is 5.75 Å². The van der Waals surface area contributed by atoms with E-state index >= 15 is 0 Å². The minimum atomic E-state index is -0.521. The monoisotopic (exact) mass is 317 g/mol. The zero-order chi connectivity index (χ0) is 16.6. The Morgan fingerprint density at radius 2 is 2.17 bits per heavy atom. The molecular weight excluding hydrogens is 298 g/mol. The second-order valence-corrected chi connectivity index (χ2v) is 5.81. The van der Waals surface area contributed by atoms with Crippen LogP contribution in [0.25, 0.3) is 10.9 Å². The van der Waals surface area contributed by atoms with Crippen LogP contribution in [-0.4, -0.2) is 69.6 Å². The predicted octanol–water partition coefficient (Wildman–Crippen LogP) is 0.539. The Labute approximate surface area is 133 Å². The van der Waals surface area contributed by atoms with Crippen molar-refractivity contribution >= 4 is 22.7 Å². The van der Waals surface area contributed by atoms with Gasteiger partial charge in [-0.25, -0.2) is 0 Å². The van der Waals surface area contributed by atoms with Crippen LogP contribution in [0.3, 0.4) is 0 Å². The van der Waals surface area contributed by atoms with E-state index in [2.05, 4.69) is 4.98 Å². The number of phenolic OH excluding ortho intramolecular Hbond substituents is 1. The number of likely N-dealkylation sites (tertiary alicyclic amines) is 1. The van der Waals surface area contributed by atoms with Crippen molar-refractivity contribution in [2.75, 3.05) is 26.7 Å². The van der Waals surface area contributed by atoms with E-state index in [4.69, 9.17) is 5.11 Å². The van der Waals surface area contributed by atoms with E-state index in [0.29, 0.717) is 25.2 Å². The number of carbonyl (C=O) groups is 2. The third kappa shape index (κ3) is 2.87. The number of aromatic amines is 1. The van der Waals surface area contributed by atoms with Crippen molar-refractivity contribution in [1.29, 1.82) is 0 Å². The van der Waals surface area contributed by atoms with Crippen molar-refractivity contribution in [3.05, 3.63) is 30.0 Å². The van der Waals surface area contributed by atoms with Crippen molar-refractivity contribution in [1.82, 2.24) is 14.8 Å². The van der Waals surface area contributed by atoms with Crippen LogP contribution in [0.1, 0.15) is 16.9 Å². The Morgan fingerprint density at radius 1 is 1.39 bits per heavy atom. The van der Waals surface area contributed by atoms with Crippen molar-refractivity contribution in [3.63, 3.8) is 0 Å². The number of aliphatic hydroxyl groups is 1. The van der Waals surface area contributed by atoms with Gasteiger partial charge in [0, 0.05) is 31.0 Å². The van der Waals surface area contributed by atoms with E-state index in [9.17, 15) is 14.7 Å². The van der Waals surface area contributed by atoms with Gasteiger partial charge in [0.1, 0.15) is 18.1 Å². The molecule has 0 bridgehead atoms. The summed E-state index contributed by atoms with van der Waals surface area (Å²) in [4.78, 5) is 30.4. The molecule has 3 rings (SSSR count). The molecule has 2 heterocycles. The van der Waals surface area contributed by atoms with Gasteiger partial charge >= 0.3 is 0 Å². The quantitative estimate of drug-likeness (QED) is 0.769. The molecule has 7 heteroatoms. The van der Waals surface area contributed by atoms with E-state index < -0.39 is 6.61 Å². The van der Waals surface area contributed by atoms with Gasteiger partial charge < -0.3 is 25.0 Å². The predicted molar refractivity (Wildman–Crippen MR) is 84.1 cm³/mol. The molecule has 0 spiro atoms. The van der Waals surface area contributed by atoms with Gasteiger partial charge in [0.2, 0.25) is 5.91 Å². The number of nitrogens with zero attached hydrogens (tertiary/aromatic N) is 2. The summed E-state index contributed by atoms with van der Waals surface area (Å²) < 4.78 is 0. The minimum absolute atomic E-state index is 0.0768. The fraction of sp³-hybridized carbons (Fsp3) is 0.375. The van der Waals surface area contributed by atoms with Gasteiger partial charge in [-0.2, -0.15) is 0 Å². The van der Waals surface area contributed by atoms with Gasteiger partial charge in [-0.15, -0.1) is 0 Å². The highest BCUT2D eigenvalue weighted by atomic mass is 16.3. The van der Waals surface area contributed by atoms with Crippen molar-refractivity contribution in [2.45, 2.75) is 12.5 Å². The molecule has 3 N–H and O–H groups in total. The number of hydrogen-bond donors (Lipinski definition) is 3. The molecule has 122 valence electrons. The largest absolute Gasteiger partial charge is 0.508 e. The van der Waals surface area contributed by atoms with E-state index in [1.165, 1.54) is 4.90 Å². The zero-order valence-corrected chi connectivity index (χ0v) is 12.8. The first-order valence-corrected chi connectivity index (χ1v) is 7.47. The maximum absolute atomic E-state index is 12.6. The highest BCUT2D eigenvalue weighted by Crippen LogP contribution is 2.23. The summed E-state index contributed by atoms with van der Waals surface area (Å²) in [5, 5.41) is 19.2. The summed E-state index contributed by atoms with van der Waals surface area (Å²) in [6, 6.07) is 6.53. The van der Waals surface area contributed by atoms with E-state index in [-0.39, 0.29) is 23.6 Å². The van der Waals surface area contributed by atoms with Gasteiger partial charge in [-0.3, -0.25) is 9.59 Å². The molecule has 1 aromatic carbocycles. The van der Waals surface area contributed by atoms with Crippen LogP contribution in [0.4, 0.5) is 0 Å². The SMILES string of the molecule is CN(C(=O)CO)C1CCN(C(=O)c2cc3cc(O)ccc3[nH]2)C1. The summed E-state index contributed by atoms with van der Waals surface area (Å²) in [6.45, 7) is 0.487. The number of nitrogens with one attached hydrogen (secondary N) is 1. The average Bonchev–Trinajstić information content (AvgIpc) is 3.19. The zero-order valence-electron chi connectivity index (χ0n) is 12.8. The molecule has 23 heavy (non-hydrogen) atoms. The fourth-order valence-corrected chi connectivity index (χ4v) is 2.96. The topological polar surface area (TPSA) is 96.9 Å². The molecule has 1 unspecified atom stereocenters. The summed E-state index contributed by atoms with van der Waals surface area (Å²) in [7, 11) is 1.64. The third-order valence-corrected chi connectivity index (χ3v) is 4.36. The number of rotatable bonds is 3. The number of aromatic hydroxyl groups is 1. The number of phenols is 1. The molecule has 0 radical (unpaired) electrons. The fourth-order valence-electron chi connectivity index (χ4n) is 2.96. The third-order valence-electron chi connectivity index (χ3n) is 4.36. The molecule has 2 aromatic rings. The summed E-state index contributed by atoms with van der Waals surface area (Å²) in [5.74, 6) is -0.320. The Kier molecular flexibility index (Phi) is 3.96. The number of likely N-dealkylation sites (N-methyl/N-ethyl adjacent to an activating group) is 1. The number of aliphatic hydroxyl groups excluding tert-OH is 1. The molecule has 1 aliphatic heterocycles. The number of amides is 2. The highest BCUT2D eigenvalue weighted by molar-refractivity contribution is 5.98. The molecule has 1 fully saturated rings. The molecule has 7 nitrogen and oxygen atoms in total. The number of benzene rings is 1. The average molecular weight is 317 g/mol. The Morgan fingerprint density at radius 3 is 2.91 bits per heavy atom. The number of fused-ring (bicyclic) bond motifs is 1. The van der Waals surface area contributed by atoms with Crippen LogP contribution < -0.4 is 0 Å². The van der Waals surface area contributed by atoms with Crippen molar-refractivity contribution < 1.29 is 19.8 Å². The number of H-pyrrole nitrogens is 1. The molecule has 1 aromatic heterocycles. The first-order chi connectivity index (χ1) is 11.0. The van der Waals surface area contributed by atoms with E-state index in [0.717, 1.165) is 10.9 Å². The van der Waals surface area contributed by atoms with Crippen LogP contribution in [0, 0.1) is 0 Å². The molecule has 1 aliphatic rings. The smallest absolute Gasteiger partial charge is 0.270 e.